The van der Waals surface area contributed by atoms with Gasteiger partial charge in [-0.05, 0) is 68.7 Å². The van der Waals surface area contributed by atoms with Crippen LogP contribution in [-0.2, 0) is 11.2 Å². The van der Waals surface area contributed by atoms with E-state index in [-0.39, 0.29) is 11.8 Å². The fourth-order valence-corrected chi connectivity index (χ4v) is 3.41. The van der Waals surface area contributed by atoms with Gasteiger partial charge in [-0.1, -0.05) is 71.2 Å². The highest BCUT2D eigenvalue weighted by atomic mass is 16.1. The average molecular weight is 389 g/mol. The largest absolute Gasteiger partial charge is 0.356 e. The van der Waals surface area contributed by atoms with Crippen LogP contribution in [0.5, 0.6) is 0 Å². The molecule has 1 unspecified atom stereocenters. The number of rotatable bonds is 15. The molecule has 28 heavy (non-hydrogen) atoms. The zero-order valence-electron chi connectivity index (χ0n) is 19.0. The summed E-state index contributed by atoms with van der Waals surface area (Å²) in [5.74, 6) is 1.54. The Kier molecular flexibility index (Phi) is 12.9. The van der Waals surface area contributed by atoms with Crippen molar-refractivity contribution in [1.82, 2.24) is 10.6 Å². The highest BCUT2D eigenvalue weighted by Gasteiger charge is 2.14. The molecule has 1 atom stereocenters. The number of nitrogens with one attached hydrogen (secondary N) is 2. The Hall–Kier alpha value is -1.35. The van der Waals surface area contributed by atoms with E-state index >= 15 is 0 Å². The molecule has 3 heteroatoms. The molecule has 0 aliphatic heterocycles. The van der Waals surface area contributed by atoms with Crippen LogP contribution in [0, 0.1) is 11.8 Å². The van der Waals surface area contributed by atoms with E-state index in [1.807, 2.05) is 6.92 Å². The van der Waals surface area contributed by atoms with Gasteiger partial charge in [0.2, 0.25) is 5.91 Å². The number of benzene rings is 1. The third-order valence-electron chi connectivity index (χ3n) is 5.23. The van der Waals surface area contributed by atoms with Crippen LogP contribution >= 0.6 is 0 Å². The number of amides is 1. The standard InChI is InChI=1S/C25H44N2O/c1-20(2)11-7-10-17-26-16-8-6-9-18-27-25(28)22(5)24-14-12-23(13-15-24)19-21(3)4/h12-15,20-22,26H,6-11,16-19H2,1-5H3,(H,27,28). The molecule has 0 aliphatic carbocycles. The first-order valence-corrected chi connectivity index (χ1v) is 11.5. The summed E-state index contributed by atoms with van der Waals surface area (Å²) in [5.41, 5.74) is 2.45. The van der Waals surface area contributed by atoms with Gasteiger partial charge in [-0.3, -0.25) is 4.79 Å². The zero-order chi connectivity index (χ0) is 20.8. The van der Waals surface area contributed by atoms with Crippen molar-refractivity contribution >= 4 is 5.91 Å². The van der Waals surface area contributed by atoms with Gasteiger partial charge in [0.25, 0.3) is 0 Å². The normalized spacial score (nSPS) is 12.5. The topological polar surface area (TPSA) is 41.1 Å². The maximum absolute atomic E-state index is 12.4. The van der Waals surface area contributed by atoms with E-state index in [1.165, 1.54) is 31.2 Å². The Morgan fingerprint density at radius 2 is 1.39 bits per heavy atom. The smallest absolute Gasteiger partial charge is 0.227 e. The van der Waals surface area contributed by atoms with Gasteiger partial charge >= 0.3 is 0 Å². The Morgan fingerprint density at radius 3 is 2.00 bits per heavy atom. The van der Waals surface area contributed by atoms with Crippen LogP contribution in [0.25, 0.3) is 0 Å². The summed E-state index contributed by atoms with van der Waals surface area (Å²) in [6.07, 6.45) is 8.45. The van der Waals surface area contributed by atoms with Crippen LogP contribution in [0.3, 0.4) is 0 Å². The molecule has 3 nitrogen and oxygen atoms in total. The highest BCUT2D eigenvalue weighted by molar-refractivity contribution is 5.83. The SMILES string of the molecule is CC(C)CCCCNCCCCCNC(=O)C(C)c1ccc(CC(C)C)cc1. The second-order valence-corrected chi connectivity index (χ2v) is 9.05. The lowest BCUT2D eigenvalue weighted by Crippen LogP contribution is -2.29. The van der Waals surface area contributed by atoms with Crippen molar-refractivity contribution in [3.63, 3.8) is 0 Å². The van der Waals surface area contributed by atoms with Gasteiger partial charge in [0.1, 0.15) is 0 Å². The second kappa shape index (κ2) is 14.6. The summed E-state index contributed by atoms with van der Waals surface area (Å²) < 4.78 is 0. The molecule has 1 aromatic carbocycles. The van der Waals surface area contributed by atoms with E-state index in [0.717, 1.165) is 50.4 Å². The maximum Gasteiger partial charge on any atom is 0.227 e. The lowest BCUT2D eigenvalue weighted by molar-refractivity contribution is -0.122. The molecule has 1 rings (SSSR count). The van der Waals surface area contributed by atoms with Gasteiger partial charge < -0.3 is 10.6 Å². The minimum Gasteiger partial charge on any atom is -0.356 e. The third-order valence-corrected chi connectivity index (χ3v) is 5.23. The van der Waals surface area contributed by atoms with E-state index in [4.69, 9.17) is 0 Å². The van der Waals surface area contributed by atoms with Gasteiger partial charge in [0.15, 0.2) is 0 Å². The minimum atomic E-state index is -0.0828. The molecule has 160 valence electrons. The number of carbonyl (C=O) groups is 1. The minimum absolute atomic E-state index is 0.0828. The molecule has 0 spiro atoms. The molecule has 0 saturated heterocycles. The van der Waals surface area contributed by atoms with Crippen LogP contribution in [0.15, 0.2) is 24.3 Å². The van der Waals surface area contributed by atoms with Gasteiger partial charge in [-0.15, -0.1) is 0 Å². The number of unbranched alkanes of at least 4 members (excludes halogenated alkanes) is 3. The predicted octanol–water partition coefficient (Wildman–Crippen LogP) is 5.69. The summed E-state index contributed by atoms with van der Waals surface area (Å²) >= 11 is 0. The molecule has 0 radical (unpaired) electrons. The van der Waals surface area contributed by atoms with Crippen molar-refractivity contribution in [2.45, 2.75) is 85.5 Å². The van der Waals surface area contributed by atoms with Gasteiger partial charge in [-0.2, -0.15) is 0 Å². The fraction of sp³-hybridized carbons (Fsp3) is 0.720. The maximum atomic E-state index is 12.4. The van der Waals surface area contributed by atoms with Crippen LogP contribution in [0.4, 0.5) is 0 Å². The van der Waals surface area contributed by atoms with Crippen molar-refractivity contribution in [2.75, 3.05) is 19.6 Å². The molecule has 1 amide bonds. The molecule has 0 fully saturated rings. The summed E-state index contributed by atoms with van der Waals surface area (Å²) in [5, 5.41) is 6.63. The number of hydrogen-bond acceptors (Lipinski definition) is 2. The van der Waals surface area contributed by atoms with E-state index in [9.17, 15) is 4.79 Å². The summed E-state index contributed by atoms with van der Waals surface area (Å²) in [6.45, 7) is 14.0. The number of hydrogen-bond donors (Lipinski definition) is 2. The van der Waals surface area contributed by atoms with Crippen molar-refractivity contribution in [2.24, 2.45) is 11.8 Å². The molecule has 0 saturated carbocycles. The highest BCUT2D eigenvalue weighted by Crippen LogP contribution is 2.17. The monoisotopic (exact) mass is 388 g/mol. The molecule has 0 bridgehead atoms. The van der Waals surface area contributed by atoms with Crippen molar-refractivity contribution < 1.29 is 4.79 Å². The molecule has 0 aliphatic rings. The van der Waals surface area contributed by atoms with E-state index in [2.05, 4.69) is 62.6 Å². The first kappa shape index (κ1) is 24.7. The molecule has 0 aromatic heterocycles. The van der Waals surface area contributed by atoms with Crippen LogP contribution in [0.2, 0.25) is 0 Å². The van der Waals surface area contributed by atoms with Gasteiger partial charge in [0, 0.05) is 6.54 Å². The fourth-order valence-electron chi connectivity index (χ4n) is 3.41. The van der Waals surface area contributed by atoms with Gasteiger partial charge in [0.05, 0.1) is 5.92 Å². The average Bonchev–Trinajstić information content (AvgIpc) is 2.65. The second-order valence-electron chi connectivity index (χ2n) is 9.05. The quantitative estimate of drug-likeness (QED) is 0.379. The van der Waals surface area contributed by atoms with Crippen LogP contribution < -0.4 is 10.6 Å². The summed E-state index contributed by atoms with van der Waals surface area (Å²) in [6, 6.07) is 8.54. The summed E-state index contributed by atoms with van der Waals surface area (Å²) in [4.78, 5) is 12.4. The van der Waals surface area contributed by atoms with Gasteiger partial charge in [-0.25, -0.2) is 0 Å². The molecule has 0 heterocycles. The first-order valence-electron chi connectivity index (χ1n) is 11.5. The number of carbonyl (C=O) groups excluding carboxylic acids is 1. The van der Waals surface area contributed by atoms with Crippen molar-refractivity contribution in [1.29, 1.82) is 0 Å². The lowest BCUT2D eigenvalue weighted by Gasteiger charge is -2.14. The molecule has 1 aromatic rings. The Balaban J connectivity index is 2.08. The van der Waals surface area contributed by atoms with Crippen molar-refractivity contribution in [3.05, 3.63) is 35.4 Å². The van der Waals surface area contributed by atoms with Crippen LogP contribution in [-0.4, -0.2) is 25.5 Å². The third kappa shape index (κ3) is 11.5. The van der Waals surface area contributed by atoms with E-state index in [1.54, 1.807) is 0 Å². The zero-order valence-corrected chi connectivity index (χ0v) is 19.0. The molecular formula is C25H44N2O. The Labute approximate surface area is 174 Å². The Bertz CT molecular complexity index is 522. The molecule has 2 N–H and O–H groups in total. The predicted molar refractivity (Wildman–Crippen MR) is 122 cm³/mol. The van der Waals surface area contributed by atoms with Crippen molar-refractivity contribution in [3.8, 4) is 0 Å². The summed E-state index contributed by atoms with van der Waals surface area (Å²) in [7, 11) is 0. The van der Waals surface area contributed by atoms with E-state index < -0.39 is 0 Å². The van der Waals surface area contributed by atoms with Crippen LogP contribution in [0.1, 0.15) is 90.2 Å². The van der Waals surface area contributed by atoms with E-state index in [0.29, 0.717) is 5.92 Å². The lowest BCUT2D eigenvalue weighted by atomic mass is 9.96. The molecular weight excluding hydrogens is 344 g/mol. The first-order chi connectivity index (χ1) is 13.4. The Morgan fingerprint density at radius 1 is 0.786 bits per heavy atom.